The molecule has 3 aliphatic rings. The van der Waals surface area contributed by atoms with Gasteiger partial charge in [-0.05, 0) is 94.4 Å². The Balaban J connectivity index is 1.14. The number of aromatic nitrogens is 2. The summed E-state index contributed by atoms with van der Waals surface area (Å²) < 4.78 is 40.3. The normalized spacial score (nSPS) is 21.7. The molecule has 4 heterocycles. The molecule has 0 N–H and O–H groups in total. The second-order valence-electron chi connectivity index (χ2n) is 10.6. The molecule has 0 radical (unpaired) electrons. The number of hydrogen-bond acceptors (Lipinski definition) is 5. The van der Waals surface area contributed by atoms with Gasteiger partial charge >= 0.3 is 0 Å². The van der Waals surface area contributed by atoms with Crippen LogP contribution in [0.4, 0.5) is 4.39 Å². The first-order valence-electron chi connectivity index (χ1n) is 12.8. The average molecular weight is 497 g/mol. The first-order valence-corrected chi connectivity index (χ1v) is 14.7. The Kier molecular flexibility index (Phi) is 5.93. The average Bonchev–Trinajstić information content (AvgIpc) is 3.62. The van der Waals surface area contributed by atoms with Crippen molar-refractivity contribution in [1.29, 1.82) is 0 Å². The van der Waals surface area contributed by atoms with Crippen molar-refractivity contribution in [3.8, 4) is 11.3 Å². The Labute approximate surface area is 206 Å². The third kappa shape index (κ3) is 4.76. The van der Waals surface area contributed by atoms with Crippen LogP contribution in [0.25, 0.3) is 16.9 Å². The first-order chi connectivity index (χ1) is 16.8. The fraction of sp³-hybridized carbons (Fsp3) is 0.519. The minimum atomic E-state index is -3.26. The fourth-order valence-electron chi connectivity index (χ4n) is 5.97. The summed E-state index contributed by atoms with van der Waals surface area (Å²) in [5.74, 6) is 0.0491. The maximum absolute atomic E-state index is 15.0. The second-order valence-corrected chi connectivity index (χ2v) is 12.6. The third-order valence-electron chi connectivity index (χ3n) is 8.19. The summed E-state index contributed by atoms with van der Waals surface area (Å²) in [6.45, 7) is 4.66. The lowest BCUT2D eigenvalue weighted by Crippen LogP contribution is -2.47. The van der Waals surface area contributed by atoms with E-state index in [2.05, 4.69) is 14.8 Å². The SMILES string of the molecule is CS(=O)(=O)c1ccc(-c2cn3cc(C4CCN(C5CCN(C6CC6)CC5)CC4)cc(F)c3n2)cc1. The fourth-order valence-corrected chi connectivity index (χ4v) is 6.60. The van der Waals surface area contributed by atoms with E-state index in [0.29, 0.717) is 23.3 Å². The van der Waals surface area contributed by atoms with E-state index in [1.165, 1.54) is 45.0 Å². The second kappa shape index (κ2) is 8.98. The molecule has 0 bridgehead atoms. The van der Waals surface area contributed by atoms with Gasteiger partial charge in [0.15, 0.2) is 21.3 Å². The van der Waals surface area contributed by atoms with Crippen LogP contribution in [0.1, 0.15) is 50.0 Å². The van der Waals surface area contributed by atoms with Gasteiger partial charge in [0.05, 0.1) is 10.6 Å². The molecule has 2 aliphatic heterocycles. The molecule has 3 aromatic rings. The van der Waals surface area contributed by atoms with Crippen molar-refractivity contribution in [2.24, 2.45) is 0 Å². The van der Waals surface area contributed by atoms with E-state index in [1.807, 2.05) is 12.4 Å². The Bertz CT molecular complexity index is 1320. The highest BCUT2D eigenvalue weighted by atomic mass is 32.2. The maximum Gasteiger partial charge on any atom is 0.175 e. The monoisotopic (exact) mass is 496 g/mol. The van der Waals surface area contributed by atoms with E-state index in [1.54, 1.807) is 34.7 Å². The summed E-state index contributed by atoms with van der Waals surface area (Å²) in [6.07, 6.45) is 12.5. The minimum absolute atomic E-state index is 0.262. The summed E-state index contributed by atoms with van der Waals surface area (Å²) >= 11 is 0. The summed E-state index contributed by atoms with van der Waals surface area (Å²) in [4.78, 5) is 10.1. The molecule has 0 unspecified atom stereocenters. The molecule has 1 aliphatic carbocycles. The van der Waals surface area contributed by atoms with Crippen molar-refractivity contribution in [2.75, 3.05) is 32.4 Å². The zero-order valence-corrected chi connectivity index (χ0v) is 21.1. The van der Waals surface area contributed by atoms with Crippen molar-refractivity contribution in [3.63, 3.8) is 0 Å². The zero-order chi connectivity index (χ0) is 24.2. The Morgan fingerprint density at radius 1 is 0.857 bits per heavy atom. The molecule has 1 aromatic carbocycles. The van der Waals surface area contributed by atoms with Crippen molar-refractivity contribution in [1.82, 2.24) is 19.2 Å². The number of hydrogen-bond donors (Lipinski definition) is 0. The molecule has 2 aromatic heterocycles. The van der Waals surface area contributed by atoms with E-state index in [0.717, 1.165) is 43.1 Å². The third-order valence-corrected chi connectivity index (χ3v) is 9.31. The van der Waals surface area contributed by atoms with E-state index in [9.17, 15) is 8.42 Å². The van der Waals surface area contributed by atoms with Crippen LogP contribution < -0.4 is 0 Å². The van der Waals surface area contributed by atoms with Gasteiger partial charge in [-0.3, -0.25) is 0 Å². The molecule has 0 atom stereocenters. The largest absolute Gasteiger partial charge is 0.304 e. The lowest BCUT2D eigenvalue weighted by Gasteiger charge is -2.42. The van der Waals surface area contributed by atoms with E-state index in [4.69, 9.17) is 0 Å². The van der Waals surface area contributed by atoms with Gasteiger partial charge in [-0.15, -0.1) is 0 Å². The number of piperidine rings is 2. The molecule has 3 fully saturated rings. The number of likely N-dealkylation sites (tertiary alicyclic amines) is 2. The standard InChI is InChI=1S/C27H33FN4O2S/c1-35(33,34)24-6-2-20(3-7-24)26-18-32-17-21(16-25(28)27(32)29-26)19-8-12-30(13-9-19)23-10-14-31(15-11-23)22-4-5-22/h2-3,6-7,16-19,22-23H,4-5,8-15H2,1H3. The molecule has 1 saturated carbocycles. The predicted octanol–water partition coefficient (Wildman–Crippen LogP) is 4.35. The van der Waals surface area contributed by atoms with Gasteiger partial charge in [0.2, 0.25) is 0 Å². The number of nitrogens with zero attached hydrogens (tertiary/aromatic N) is 4. The van der Waals surface area contributed by atoms with Gasteiger partial charge in [-0.25, -0.2) is 17.8 Å². The number of pyridine rings is 1. The molecule has 6 rings (SSSR count). The number of sulfone groups is 1. The Hall–Kier alpha value is -2.29. The van der Waals surface area contributed by atoms with Gasteiger partial charge in [-0.2, -0.15) is 0 Å². The Morgan fingerprint density at radius 2 is 1.46 bits per heavy atom. The van der Waals surface area contributed by atoms with Crippen LogP contribution in [0.5, 0.6) is 0 Å². The molecule has 35 heavy (non-hydrogen) atoms. The van der Waals surface area contributed by atoms with Crippen LogP contribution in [-0.2, 0) is 9.84 Å². The molecule has 186 valence electrons. The first kappa shape index (κ1) is 23.1. The quantitative estimate of drug-likeness (QED) is 0.526. The molecular weight excluding hydrogens is 463 g/mol. The highest BCUT2D eigenvalue weighted by Gasteiger charge is 2.34. The van der Waals surface area contributed by atoms with Gasteiger partial charge in [0.1, 0.15) is 0 Å². The number of fused-ring (bicyclic) bond motifs is 1. The van der Waals surface area contributed by atoms with Crippen LogP contribution in [0.2, 0.25) is 0 Å². The summed E-state index contributed by atoms with van der Waals surface area (Å²) in [7, 11) is -3.26. The van der Waals surface area contributed by atoms with Crippen LogP contribution in [-0.4, -0.2) is 72.1 Å². The zero-order valence-electron chi connectivity index (χ0n) is 20.2. The van der Waals surface area contributed by atoms with Gasteiger partial charge in [0.25, 0.3) is 0 Å². The number of benzene rings is 1. The molecular formula is C27H33FN4O2S. The van der Waals surface area contributed by atoms with E-state index < -0.39 is 9.84 Å². The summed E-state index contributed by atoms with van der Waals surface area (Å²) in [6, 6.07) is 9.83. The van der Waals surface area contributed by atoms with Gasteiger partial charge in [-0.1, -0.05) is 12.1 Å². The lowest BCUT2D eigenvalue weighted by molar-refractivity contribution is 0.0843. The summed E-state index contributed by atoms with van der Waals surface area (Å²) in [5, 5.41) is 0. The predicted molar refractivity (Wildman–Crippen MR) is 135 cm³/mol. The molecule has 0 amide bonds. The van der Waals surface area contributed by atoms with Crippen molar-refractivity contribution in [2.45, 2.75) is 61.4 Å². The minimum Gasteiger partial charge on any atom is -0.304 e. The highest BCUT2D eigenvalue weighted by molar-refractivity contribution is 7.90. The smallest absolute Gasteiger partial charge is 0.175 e. The van der Waals surface area contributed by atoms with Crippen LogP contribution in [0.15, 0.2) is 47.6 Å². The van der Waals surface area contributed by atoms with Crippen LogP contribution >= 0.6 is 0 Å². The molecule has 8 heteroatoms. The molecule has 2 saturated heterocycles. The number of halogens is 1. The van der Waals surface area contributed by atoms with E-state index >= 15 is 4.39 Å². The summed E-state index contributed by atoms with van der Waals surface area (Å²) in [5.41, 5.74) is 2.74. The van der Waals surface area contributed by atoms with Crippen molar-refractivity contribution >= 4 is 15.5 Å². The number of imidazole rings is 1. The van der Waals surface area contributed by atoms with Gasteiger partial charge in [0, 0.05) is 36.3 Å². The van der Waals surface area contributed by atoms with Crippen LogP contribution in [0, 0.1) is 5.82 Å². The molecule has 6 nitrogen and oxygen atoms in total. The van der Waals surface area contributed by atoms with E-state index in [-0.39, 0.29) is 10.7 Å². The van der Waals surface area contributed by atoms with Crippen molar-refractivity contribution < 1.29 is 12.8 Å². The van der Waals surface area contributed by atoms with Crippen LogP contribution in [0.3, 0.4) is 0 Å². The topological polar surface area (TPSA) is 57.9 Å². The van der Waals surface area contributed by atoms with Crippen molar-refractivity contribution in [3.05, 3.63) is 54.1 Å². The maximum atomic E-state index is 15.0. The number of rotatable bonds is 5. The molecule has 0 spiro atoms. The highest BCUT2D eigenvalue weighted by Crippen LogP contribution is 2.34. The van der Waals surface area contributed by atoms with Gasteiger partial charge < -0.3 is 14.2 Å². The Morgan fingerprint density at radius 3 is 2.06 bits per heavy atom. The lowest BCUT2D eigenvalue weighted by atomic mass is 9.88.